The molecule has 0 atom stereocenters. The highest BCUT2D eigenvalue weighted by atomic mass is 32.1. The molecule has 35 heavy (non-hydrogen) atoms. The van der Waals surface area contributed by atoms with Crippen molar-refractivity contribution in [1.29, 1.82) is 0 Å². The van der Waals surface area contributed by atoms with E-state index in [0.29, 0.717) is 28.6 Å². The number of pyridine rings is 1. The summed E-state index contributed by atoms with van der Waals surface area (Å²) in [5, 5.41) is 7.33. The molecule has 0 fully saturated rings. The molecule has 0 aliphatic heterocycles. The van der Waals surface area contributed by atoms with Crippen LogP contribution in [0.15, 0.2) is 64.6 Å². The van der Waals surface area contributed by atoms with Gasteiger partial charge in [-0.05, 0) is 59.7 Å². The second-order valence-electron chi connectivity index (χ2n) is 7.90. The number of furan rings is 1. The normalized spacial score (nSPS) is 13.5. The van der Waals surface area contributed by atoms with E-state index < -0.39 is 24.5 Å². The van der Waals surface area contributed by atoms with Crippen molar-refractivity contribution < 1.29 is 23.5 Å². The first kappa shape index (κ1) is 22.5. The molecule has 5 rings (SSSR count). The first-order valence-corrected chi connectivity index (χ1v) is 11.9. The number of hydrogen-bond donors (Lipinski definition) is 2. The number of carbonyl (C=O) groups is 3. The Kier molecular flexibility index (Phi) is 6.40. The number of thiophene rings is 1. The highest BCUT2D eigenvalue weighted by Crippen LogP contribution is 2.38. The molecule has 1 aromatic carbocycles. The van der Waals surface area contributed by atoms with Gasteiger partial charge in [-0.25, -0.2) is 14.6 Å². The van der Waals surface area contributed by atoms with Crippen molar-refractivity contribution >= 4 is 51.8 Å². The largest absolute Gasteiger partial charge is 0.467 e. The van der Waals surface area contributed by atoms with E-state index in [2.05, 4.69) is 16.7 Å². The van der Waals surface area contributed by atoms with E-state index in [1.165, 1.54) is 6.26 Å². The Bertz CT molecular complexity index is 1420. The Balaban J connectivity index is 1.31. The van der Waals surface area contributed by atoms with Gasteiger partial charge >= 0.3 is 12.0 Å². The van der Waals surface area contributed by atoms with Crippen LogP contribution >= 0.6 is 11.3 Å². The smallest absolute Gasteiger partial charge is 0.339 e. The maximum absolute atomic E-state index is 13.2. The molecule has 2 N–H and O–H groups in total. The third-order valence-corrected chi connectivity index (χ3v) is 6.42. The molecule has 0 bridgehead atoms. The molecular weight excluding hydrogens is 466 g/mol. The Morgan fingerprint density at radius 3 is 2.77 bits per heavy atom. The number of para-hydroxylation sites is 1. The molecule has 176 valence electrons. The number of imide groups is 1. The molecule has 0 unspecified atom stereocenters. The topological polar surface area (TPSA) is 111 Å². The lowest BCUT2D eigenvalue weighted by atomic mass is 10.0. The highest BCUT2D eigenvalue weighted by Gasteiger charge is 2.28. The van der Waals surface area contributed by atoms with Crippen molar-refractivity contribution in [3.05, 3.63) is 87.6 Å². The summed E-state index contributed by atoms with van der Waals surface area (Å²) in [6, 6.07) is 14.1. The molecule has 8 nitrogen and oxygen atoms in total. The molecule has 3 amide bonds. The molecule has 0 saturated carbocycles. The zero-order valence-corrected chi connectivity index (χ0v) is 19.4. The maximum Gasteiger partial charge on any atom is 0.339 e. The average Bonchev–Trinajstić information content (AvgIpc) is 3.63. The van der Waals surface area contributed by atoms with Crippen LogP contribution in [0.1, 0.15) is 38.7 Å². The van der Waals surface area contributed by atoms with Crippen LogP contribution < -0.4 is 10.6 Å². The van der Waals surface area contributed by atoms with Gasteiger partial charge in [-0.15, -0.1) is 11.3 Å². The Labute approximate surface area is 204 Å². The van der Waals surface area contributed by atoms with Crippen molar-refractivity contribution in [1.82, 2.24) is 15.6 Å². The number of ether oxygens (including phenoxy) is 1. The van der Waals surface area contributed by atoms with Gasteiger partial charge in [0, 0.05) is 10.3 Å². The molecule has 1 aliphatic rings. The van der Waals surface area contributed by atoms with Crippen LogP contribution in [0.3, 0.4) is 0 Å². The Morgan fingerprint density at radius 1 is 1.09 bits per heavy atom. The fraction of sp³-hybridized carbons (Fsp3) is 0.154. The number of benzene rings is 1. The van der Waals surface area contributed by atoms with E-state index >= 15 is 0 Å². The number of hydrogen-bond acceptors (Lipinski definition) is 7. The van der Waals surface area contributed by atoms with Crippen molar-refractivity contribution in [3.63, 3.8) is 0 Å². The summed E-state index contributed by atoms with van der Waals surface area (Å²) in [5.41, 5.74) is 3.75. The summed E-state index contributed by atoms with van der Waals surface area (Å²) in [4.78, 5) is 43.2. The summed E-state index contributed by atoms with van der Waals surface area (Å²) in [6.45, 7) is -0.460. The fourth-order valence-corrected chi connectivity index (χ4v) is 4.73. The number of urea groups is 1. The van der Waals surface area contributed by atoms with Gasteiger partial charge in [0.05, 0.1) is 29.6 Å². The lowest BCUT2D eigenvalue weighted by molar-refractivity contribution is -0.123. The van der Waals surface area contributed by atoms with E-state index in [0.717, 1.165) is 28.1 Å². The first-order chi connectivity index (χ1) is 17.1. The zero-order valence-electron chi connectivity index (χ0n) is 18.6. The molecule has 0 spiro atoms. The molecule has 4 aromatic rings. The van der Waals surface area contributed by atoms with E-state index in [9.17, 15) is 14.4 Å². The Morgan fingerprint density at radius 2 is 1.97 bits per heavy atom. The van der Waals surface area contributed by atoms with E-state index in [-0.39, 0.29) is 6.54 Å². The maximum atomic E-state index is 13.2. The highest BCUT2D eigenvalue weighted by molar-refractivity contribution is 7.10. The number of amides is 3. The van der Waals surface area contributed by atoms with Crippen LogP contribution in [-0.2, 0) is 22.5 Å². The lowest BCUT2D eigenvalue weighted by Gasteiger charge is -2.12. The van der Waals surface area contributed by atoms with Gasteiger partial charge in [-0.1, -0.05) is 24.3 Å². The van der Waals surface area contributed by atoms with Gasteiger partial charge in [0.15, 0.2) is 6.61 Å². The van der Waals surface area contributed by atoms with Gasteiger partial charge in [-0.2, -0.15) is 0 Å². The zero-order chi connectivity index (χ0) is 24.2. The van der Waals surface area contributed by atoms with Gasteiger partial charge in [0.2, 0.25) is 0 Å². The summed E-state index contributed by atoms with van der Waals surface area (Å²) >= 11 is 1.64. The minimum atomic E-state index is -0.733. The van der Waals surface area contributed by atoms with E-state index in [1.807, 2.05) is 41.8 Å². The number of aromatic nitrogens is 1. The predicted molar refractivity (Wildman–Crippen MR) is 132 cm³/mol. The molecule has 9 heteroatoms. The third-order valence-electron chi connectivity index (χ3n) is 5.60. The Hall–Kier alpha value is -4.24. The monoisotopic (exact) mass is 487 g/mol. The average molecular weight is 488 g/mol. The van der Waals surface area contributed by atoms with E-state index in [4.69, 9.17) is 14.1 Å². The number of nitrogens with zero attached hydrogens (tertiary/aromatic N) is 1. The van der Waals surface area contributed by atoms with Gasteiger partial charge in [0.1, 0.15) is 5.76 Å². The third kappa shape index (κ3) is 4.99. The molecule has 3 aromatic heterocycles. The standard InChI is InChI=1S/C26H21N3O5S/c30-22(29-26(32)27-14-17-5-3-11-33-17)15-34-25(31)23-19-7-1-2-8-21(19)28-24-16(9-10-20(23)24)13-18-6-4-12-35-18/h1-8,11-13H,9-10,14-15H2,(H2,27,29,30,32)/b16-13+. The molecular formula is C26H21N3O5S. The van der Waals surface area contributed by atoms with E-state index in [1.54, 1.807) is 23.5 Å². The first-order valence-electron chi connectivity index (χ1n) is 11.0. The minimum Gasteiger partial charge on any atom is -0.467 e. The van der Waals surface area contributed by atoms with Crippen molar-refractivity contribution in [2.75, 3.05) is 6.61 Å². The number of fused-ring (bicyclic) bond motifs is 2. The summed E-state index contributed by atoms with van der Waals surface area (Å²) < 4.78 is 10.4. The van der Waals surface area contributed by atoms with Crippen molar-refractivity contribution in [2.45, 2.75) is 19.4 Å². The lowest BCUT2D eigenvalue weighted by Crippen LogP contribution is -2.41. The van der Waals surface area contributed by atoms with Crippen molar-refractivity contribution in [3.8, 4) is 0 Å². The van der Waals surface area contributed by atoms with Crippen LogP contribution in [0.4, 0.5) is 4.79 Å². The second kappa shape index (κ2) is 9.94. The minimum absolute atomic E-state index is 0.127. The molecule has 0 saturated heterocycles. The second-order valence-corrected chi connectivity index (χ2v) is 8.88. The SMILES string of the molecule is O=C(COC(=O)c1c2c(nc3ccccc13)/C(=C/c1cccs1)CC2)NC(=O)NCc1ccco1. The van der Waals surface area contributed by atoms with Crippen LogP contribution in [-0.4, -0.2) is 29.5 Å². The molecule has 3 heterocycles. The van der Waals surface area contributed by atoms with Gasteiger partial charge < -0.3 is 14.5 Å². The summed E-state index contributed by atoms with van der Waals surface area (Å²) in [6.07, 6.45) is 4.99. The van der Waals surface area contributed by atoms with Gasteiger partial charge in [-0.3, -0.25) is 10.1 Å². The summed E-state index contributed by atoms with van der Waals surface area (Å²) in [5.74, 6) is -0.808. The number of esters is 1. The number of nitrogens with one attached hydrogen (secondary N) is 2. The van der Waals surface area contributed by atoms with Gasteiger partial charge in [0.25, 0.3) is 5.91 Å². The molecule has 1 aliphatic carbocycles. The quantitative estimate of drug-likeness (QED) is 0.386. The van der Waals surface area contributed by atoms with Crippen molar-refractivity contribution in [2.24, 2.45) is 0 Å². The number of rotatable bonds is 6. The number of allylic oxidation sites excluding steroid dienone is 1. The molecule has 0 radical (unpaired) electrons. The summed E-state index contributed by atoms with van der Waals surface area (Å²) in [7, 11) is 0. The predicted octanol–water partition coefficient (Wildman–Crippen LogP) is 4.56. The number of carbonyl (C=O) groups excluding carboxylic acids is 3. The van der Waals surface area contributed by atoms with Crippen LogP contribution in [0.25, 0.3) is 22.6 Å². The van der Waals surface area contributed by atoms with Crippen LogP contribution in [0, 0.1) is 0 Å². The fourth-order valence-electron chi connectivity index (χ4n) is 4.05. The van der Waals surface area contributed by atoms with Crippen LogP contribution in [0.2, 0.25) is 0 Å². The van der Waals surface area contributed by atoms with Crippen LogP contribution in [0.5, 0.6) is 0 Å².